The zero-order valence-electron chi connectivity index (χ0n) is 20.5. The van der Waals surface area contributed by atoms with Crippen LogP contribution in [-0.4, -0.2) is 51.9 Å². The van der Waals surface area contributed by atoms with Crippen molar-refractivity contribution in [3.63, 3.8) is 0 Å². The fraction of sp³-hybridized carbons (Fsp3) is 0.231. The summed E-state index contributed by atoms with van der Waals surface area (Å²) >= 11 is 3.37. The van der Waals surface area contributed by atoms with Gasteiger partial charge in [-0.25, -0.2) is 12.8 Å². The van der Waals surface area contributed by atoms with E-state index >= 15 is 0 Å². The molecule has 0 bridgehead atoms. The highest BCUT2D eigenvalue weighted by Crippen LogP contribution is 2.26. The third-order valence-corrected chi connectivity index (χ3v) is 8.04. The molecule has 3 aromatic carbocycles. The number of anilines is 1. The maximum Gasteiger partial charge on any atom is 0.264 e. The molecule has 37 heavy (non-hydrogen) atoms. The Kier molecular flexibility index (Phi) is 9.28. The van der Waals surface area contributed by atoms with Crippen LogP contribution in [0, 0.1) is 5.82 Å². The number of methoxy groups -OCH3 is 1. The van der Waals surface area contributed by atoms with Crippen LogP contribution in [0.25, 0.3) is 0 Å². The minimum Gasteiger partial charge on any atom is -0.497 e. The number of ether oxygens (including phenoxy) is 1. The second kappa shape index (κ2) is 12.2. The number of hydrogen-bond donors (Lipinski definition) is 1. The number of halogens is 2. The lowest BCUT2D eigenvalue weighted by Gasteiger charge is -2.31. The molecule has 8 nitrogen and oxygen atoms in total. The van der Waals surface area contributed by atoms with Gasteiger partial charge in [0.25, 0.3) is 10.0 Å². The Morgan fingerprint density at radius 2 is 1.59 bits per heavy atom. The minimum atomic E-state index is -4.25. The highest BCUT2D eigenvalue weighted by Gasteiger charge is 2.32. The summed E-state index contributed by atoms with van der Waals surface area (Å²) in [6.07, 6.45) is 0. The Labute approximate surface area is 224 Å². The van der Waals surface area contributed by atoms with E-state index < -0.39 is 40.2 Å². The molecule has 0 aliphatic heterocycles. The average molecular weight is 592 g/mol. The molecule has 0 aromatic heterocycles. The first-order chi connectivity index (χ1) is 17.6. The van der Waals surface area contributed by atoms with Crippen molar-refractivity contribution in [2.24, 2.45) is 0 Å². The SMILES string of the molecule is CNC(=O)[C@@H](C)N(Cc1ccc(Br)cc1)C(=O)CN(c1ccc(F)cc1)S(=O)(=O)c1ccc(OC)cc1. The van der Waals surface area contributed by atoms with Crippen LogP contribution in [0.15, 0.2) is 82.2 Å². The molecular weight excluding hydrogens is 565 g/mol. The van der Waals surface area contributed by atoms with Gasteiger partial charge >= 0.3 is 0 Å². The lowest BCUT2D eigenvalue weighted by molar-refractivity contribution is -0.139. The lowest BCUT2D eigenvalue weighted by Crippen LogP contribution is -2.50. The summed E-state index contributed by atoms with van der Waals surface area (Å²) in [4.78, 5) is 27.3. The number of amides is 2. The van der Waals surface area contributed by atoms with Crippen molar-refractivity contribution in [1.29, 1.82) is 0 Å². The van der Waals surface area contributed by atoms with E-state index in [9.17, 15) is 22.4 Å². The largest absolute Gasteiger partial charge is 0.497 e. The first-order valence-corrected chi connectivity index (χ1v) is 13.5. The van der Waals surface area contributed by atoms with E-state index in [1.807, 2.05) is 12.1 Å². The Balaban J connectivity index is 2.01. The van der Waals surface area contributed by atoms with E-state index in [1.54, 1.807) is 19.1 Å². The molecule has 0 saturated heterocycles. The quantitative estimate of drug-likeness (QED) is 0.385. The second-order valence-corrected chi connectivity index (χ2v) is 10.9. The van der Waals surface area contributed by atoms with Crippen LogP contribution in [0.3, 0.4) is 0 Å². The highest BCUT2D eigenvalue weighted by atomic mass is 79.9. The minimum absolute atomic E-state index is 0.0700. The number of sulfonamides is 1. The number of nitrogens with zero attached hydrogens (tertiary/aromatic N) is 2. The van der Waals surface area contributed by atoms with Gasteiger partial charge in [-0.15, -0.1) is 0 Å². The molecule has 0 aliphatic carbocycles. The molecular formula is C26H27BrFN3O5S. The van der Waals surface area contributed by atoms with Crippen molar-refractivity contribution in [1.82, 2.24) is 10.2 Å². The molecule has 0 spiro atoms. The highest BCUT2D eigenvalue weighted by molar-refractivity contribution is 9.10. The smallest absolute Gasteiger partial charge is 0.264 e. The molecule has 2 amide bonds. The monoisotopic (exact) mass is 591 g/mol. The number of rotatable bonds is 10. The number of nitrogens with one attached hydrogen (secondary N) is 1. The van der Waals surface area contributed by atoms with E-state index in [0.717, 1.165) is 26.5 Å². The van der Waals surface area contributed by atoms with Crippen molar-refractivity contribution in [3.8, 4) is 5.75 Å². The zero-order chi connectivity index (χ0) is 27.2. The number of likely N-dealkylation sites (N-methyl/N-ethyl adjacent to an activating group) is 1. The fourth-order valence-electron chi connectivity index (χ4n) is 3.59. The normalized spacial score (nSPS) is 11.9. The first kappa shape index (κ1) is 28.1. The molecule has 0 unspecified atom stereocenters. The molecule has 0 radical (unpaired) electrons. The number of hydrogen-bond acceptors (Lipinski definition) is 5. The lowest BCUT2D eigenvalue weighted by atomic mass is 10.1. The average Bonchev–Trinajstić information content (AvgIpc) is 2.91. The molecule has 0 heterocycles. The van der Waals surface area contributed by atoms with E-state index in [-0.39, 0.29) is 17.1 Å². The van der Waals surface area contributed by atoms with Crippen LogP contribution in [0.2, 0.25) is 0 Å². The van der Waals surface area contributed by atoms with Crippen LogP contribution in [0.5, 0.6) is 5.75 Å². The van der Waals surface area contributed by atoms with E-state index in [0.29, 0.717) is 5.75 Å². The predicted molar refractivity (Wildman–Crippen MR) is 142 cm³/mol. The molecule has 1 atom stereocenters. The van der Waals surface area contributed by atoms with Crippen LogP contribution < -0.4 is 14.4 Å². The number of benzene rings is 3. The summed E-state index contributed by atoms with van der Waals surface area (Å²) in [7, 11) is -1.33. The summed E-state index contributed by atoms with van der Waals surface area (Å²) in [5.41, 5.74) is 0.848. The number of carbonyl (C=O) groups is 2. The molecule has 0 fully saturated rings. The van der Waals surface area contributed by atoms with E-state index in [1.165, 1.54) is 55.5 Å². The van der Waals surface area contributed by atoms with Gasteiger partial charge in [0.15, 0.2) is 0 Å². The maximum absolute atomic E-state index is 13.7. The van der Waals surface area contributed by atoms with Crippen molar-refractivity contribution < 1.29 is 27.1 Å². The van der Waals surface area contributed by atoms with Crippen molar-refractivity contribution in [2.45, 2.75) is 24.4 Å². The van der Waals surface area contributed by atoms with Gasteiger partial charge in [0, 0.05) is 18.1 Å². The molecule has 11 heteroatoms. The summed E-state index contributed by atoms with van der Waals surface area (Å²) in [6, 6.07) is 16.8. The second-order valence-electron chi connectivity index (χ2n) is 8.10. The van der Waals surface area contributed by atoms with Crippen molar-refractivity contribution in [3.05, 3.63) is 88.6 Å². The van der Waals surface area contributed by atoms with Crippen molar-refractivity contribution >= 4 is 43.5 Å². The van der Waals surface area contributed by atoms with Gasteiger partial charge in [0.2, 0.25) is 11.8 Å². The zero-order valence-corrected chi connectivity index (χ0v) is 22.9. The van der Waals surface area contributed by atoms with E-state index in [2.05, 4.69) is 21.2 Å². The van der Waals surface area contributed by atoms with Crippen LogP contribution >= 0.6 is 15.9 Å². The maximum atomic E-state index is 13.7. The summed E-state index contributed by atoms with van der Waals surface area (Å²) in [6.45, 7) is 1.02. The first-order valence-electron chi connectivity index (χ1n) is 11.2. The molecule has 3 rings (SSSR count). The van der Waals surface area contributed by atoms with E-state index in [4.69, 9.17) is 4.74 Å². The third kappa shape index (κ3) is 6.86. The molecule has 3 aromatic rings. The predicted octanol–water partition coefficient (Wildman–Crippen LogP) is 3.96. The van der Waals surface area contributed by atoms with Gasteiger partial charge in [0.1, 0.15) is 24.2 Å². The summed E-state index contributed by atoms with van der Waals surface area (Å²) < 4.78 is 47.8. The van der Waals surface area contributed by atoms with Gasteiger partial charge in [-0.05, 0) is 73.2 Å². The van der Waals surface area contributed by atoms with Gasteiger partial charge in [0.05, 0.1) is 17.7 Å². The molecule has 1 N–H and O–H groups in total. The molecule has 0 aliphatic rings. The van der Waals surface area contributed by atoms with Crippen molar-refractivity contribution in [2.75, 3.05) is 25.0 Å². The van der Waals surface area contributed by atoms with Crippen LogP contribution in [-0.2, 0) is 26.2 Å². The summed E-state index contributed by atoms with van der Waals surface area (Å²) in [5.74, 6) is -1.11. The van der Waals surface area contributed by atoms with Crippen LogP contribution in [0.1, 0.15) is 12.5 Å². The fourth-order valence-corrected chi connectivity index (χ4v) is 5.27. The number of carbonyl (C=O) groups excluding carboxylic acids is 2. The van der Waals surface area contributed by atoms with Gasteiger partial charge in [-0.3, -0.25) is 13.9 Å². The Morgan fingerprint density at radius 1 is 1.00 bits per heavy atom. The van der Waals surface area contributed by atoms with Gasteiger partial charge in [-0.2, -0.15) is 0 Å². The standard InChI is InChI=1S/C26H27BrFN3O5S/c1-18(26(33)29-2)30(16-19-4-6-20(27)7-5-19)25(32)17-31(22-10-8-21(28)9-11-22)37(34,35)24-14-12-23(36-3)13-15-24/h4-15,18H,16-17H2,1-3H3,(H,29,33)/t18-/m1/s1. The Morgan fingerprint density at radius 3 is 2.14 bits per heavy atom. The van der Waals surface area contributed by atoms with Gasteiger partial charge < -0.3 is 15.0 Å². The molecule has 0 saturated carbocycles. The Hall–Kier alpha value is -3.44. The molecule has 196 valence electrons. The third-order valence-electron chi connectivity index (χ3n) is 5.72. The topological polar surface area (TPSA) is 96.0 Å². The summed E-state index contributed by atoms with van der Waals surface area (Å²) in [5, 5.41) is 2.53. The van der Waals surface area contributed by atoms with Gasteiger partial charge in [-0.1, -0.05) is 28.1 Å². The van der Waals surface area contributed by atoms with Crippen LogP contribution in [0.4, 0.5) is 10.1 Å². The Bertz CT molecular complexity index is 1330.